The number of aryl methyl sites for hydroxylation is 1. The summed E-state index contributed by atoms with van der Waals surface area (Å²) < 4.78 is 26.5. The minimum absolute atomic E-state index is 0.151. The average Bonchev–Trinajstić information content (AvgIpc) is 2.83. The Hall–Kier alpha value is -0.920. The number of rotatable bonds is 5. The van der Waals surface area contributed by atoms with Crippen molar-refractivity contribution in [1.82, 2.24) is 4.31 Å². The van der Waals surface area contributed by atoms with E-state index in [9.17, 15) is 8.42 Å². The summed E-state index contributed by atoms with van der Waals surface area (Å²) in [6.07, 6.45) is 0. The molecule has 0 saturated carbocycles. The maximum absolute atomic E-state index is 12.6. The van der Waals surface area contributed by atoms with E-state index in [1.807, 2.05) is 0 Å². The van der Waals surface area contributed by atoms with Crippen LogP contribution in [0.2, 0.25) is 5.02 Å². The highest BCUT2D eigenvalue weighted by atomic mass is 35.5. The van der Waals surface area contributed by atoms with Gasteiger partial charge in [0.05, 0.1) is 11.5 Å². The zero-order valence-electron chi connectivity index (χ0n) is 11.7. The van der Waals surface area contributed by atoms with Crippen LogP contribution in [0.25, 0.3) is 0 Å². The normalized spacial score (nSPS) is 12.0. The molecule has 4 nitrogen and oxygen atoms in total. The third kappa shape index (κ3) is 3.64. The fraction of sp³-hybridized carbons (Fsp3) is 0.286. The Kier molecular flexibility index (Phi) is 5.06. The zero-order chi connectivity index (χ0) is 15.6. The quantitative estimate of drug-likeness (QED) is 0.906. The molecule has 7 heteroatoms. The van der Waals surface area contributed by atoms with Gasteiger partial charge in [0, 0.05) is 28.4 Å². The van der Waals surface area contributed by atoms with Gasteiger partial charge in [-0.2, -0.15) is 4.31 Å². The van der Waals surface area contributed by atoms with Gasteiger partial charge in [-0.1, -0.05) is 23.7 Å². The fourth-order valence-electron chi connectivity index (χ4n) is 1.96. The van der Waals surface area contributed by atoms with Gasteiger partial charge in [-0.3, -0.25) is 0 Å². The summed E-state index contributed by atoms with van der Waals surface area (Å²) in [6.45, 7) is 1.86. The van der Waals surface area contributed by atoms with E-state index in [1.165, 1.54) is 21.7 Å². The average molecular weight is 346 g/mol. The Labute approximate surface area is 133 Å². The monoisotopic (exact) mass is 345 g/mol. The van der Waals surface area contributed by atoms with Crippen LogP contribution in [0.4, 0.5) is 0 Å². The smallest absolute Gasteiger partial charge is 0.244 e. The second-order valence-electron chi connectivity index (χ2n) is 4.68. The molecule has 1 aromatic carbocycles. The Balaban J connectivity index is 2.25. The molecule has 114 valence electrons. The lowest BCUT2D eigenvalue weighted by molar-refractivity contribution is 0.285. The zero-order valence-corrected chi connectivity index (χ0v) is 14.1. The van der Waals surface area contributed by atoms with Crippen LogP contribution in [0, 0.1) is 6.92 Å². The Bertz CT molecular complexity index is 723. The number of benzene rings is 1. The van der Waals surface area contributed by atoms with Crippen LogP contribution in [0.5, 0.6) is 0 Å². The van der Waals surface area contributed by atoms with Crippen LogP contribution < -0.4 is 0 Å². The number of aliphatic hydroxyl groups excluding tert-OH is 1. The first kappa shape index (κ1) is 16.5. The Morgan fingerprint density at radius 3 is 2.43 bits per heavy atom. The summed E-state index contributed by atoms with van der Waals surface area (Å²) in [5, 5.41) is 9.75. The predicted molar refractivity (Wildman–Crippen MR) is 85.1 cm³/mol. The topological polar surface area (TPSA) is 57.6 Å². The van der Waals surface area contributed by atoms with Crippen molar-refractivity contribution in [1.29, 1.82) is 0 Å². The second-order valence-corrected chi connectivity index (χ2v) is 8.47. The van der Waals surface area contributed by atoms with Crippen LogP contribution in [0.3, 0.4) is 0 Å². The van der Waals surface area contributed by atoms with Crippen molar-refractivity contribution in [2.24, 2.45) is 0 Å². The van der Waals surface area contributed by atoms with Gasteiger partial charge in [0.2, 0.25) is 10.0 Å². The highest BCUT2D eigenvalue weighted by Crippen LogP contribution is 2.28. The van der Waals surface area contributed by atoms with E-state index in [2.05, 4.69) is 0 Å². The van der Waals surface area contributed by atoms with Crippen LogP contribution in [-0.4, -0.2) is 24.9 Å². The van der Waals surface area contributed by atoms with Crippen LogP contribution in [-0.2, 0) is 23.2 Å². The molecule has 0 bridgehead atoms. The summed E-state index contributed by atoms with van der Waals surface area (Å²) in [5.41, 5.74) is 0.862. The largest absolute Gasteiger partial charge is 0.391 e. The first-order valence-corrected chi connectivity index (χ1v) is 8.89. The third-order valence-corrected chi connectivity index (χ3v) is 6.43. The lowest BCUT2D eigenvalue weighted by Crippen LogP contribution is -2.26. The third-order valence-electron chi connectivity index (χ3n) is 3.09. The molecule has 1 N–H and O–H groups in total. The SMILES string of the molecule is Cc1sc(CO)cc1S(=O)(=O)N(C)Cc1ccc(Cl)cc1. The van der Waals surface area contributed by atoms with Gasteiger partial charge in [-0.25, -0.2) is 8.42 Å². The molecule has 2 rings (SSSR count). The van der Waals surface area contributed by atoms with E-state index < -0.39 is 10.0 Å². The molecule has 0 fully saturated rings. The minimum atomic E-state index is -3.57. The number of nitrogens with zero attached hydrogens (tertiary/aromatic N) is 1. The standard InChI is InChI=1S/C14H16ClNO3S2/c1-10-14(7-13(9-17)20-10)21(18,19)16(2)8-11-3-5-12(15)6-4-11/h3-7,17H,8-9H2,1-2H3. The highest BCUT2D eigenvalue weighted by Gasteiger charge is 2.24. The molecule has 0 unspecified atom stereocenters. The maximum atomic E-state index is 12.6. The molecule has 0 aliphatic rings. The van der Waals surface area contributed by atoms with Gasteiger partial charge >= 0.3 is 0 Å². The number of hydrogen-bond donors (Lipinski definition) is 1. The van der Waals surface area contributed by atoms with Crippen LogP contribution >= 0.6 is 22.9 Å². The van der Waals surface area contributed by atoms with E-state index in [4.69, 9.17) is 16.7 Å². The first-order valence-electron chi connectivity index (χ1n) is 6.25. The Morgan fingerprint density at radius 2 is 1.90 bits per heavy atom. The van der Waals surface area contributed by atoms with Gasteiger partial charge in [-0.05, 0) is 30.7 Å². The van der Waals surface area contributed by atoms with Crippen molar-refractivity contribution in [3.63, 3.8) is 0 Å². The number of hydrogen-bond acceptors (Lipinski definition) is 4. The molecular weight excluding hydrogens is 330 g/mol. The van der Waals surface area contributed by atoms with E-state index in [-0.39, 0.29) is 18.0 Å². The van der Waals surface area contributed by atoms with Crippen LogP contribution in [0.1, 0.15) is 15.3 Å². The van der Waals surface area contributed by atoms with E-state index in [0.29, 0.717) is 14.8 Å². The Morgan fingerprint density at radius 1 is 1.29 bits per heavy atom. The molecule has 0 aliphatic carbocycles. The molecule has 2 aromatic rings. The van der Waals surface area contributed by atoms with E-state index in [1.54, 1.807) is 38.2 Å². The summed E-state index contributed by atoms with van der Waals surface area (Å²) in [5.74, 6) is 0. The molecule has 1 aromatic heterocycles. The van der Waals surface area contributed by atoms with Gasteiger partial charge in [-0.15, -0.1) is 11.3 Å². The van der Waals surface area contributed by atoms with Gasteiger partial charge < -0.3 is 5.11 Å². The van der Waals surface area contributed by atoms with Crippen molar-refractivity contribution < 1.29 is 13.5 Å². The molecule has 21 heavy (non-hydrogen) atoms. The molecule has 0 atom stereocenters. The predicted octanol–water partition coefficient (Wildman–Crippen LogP) is 3.02. The molecule has 1 heterocycles. The van der Waals surface area contributed by atoms with Gasteiger partial charge in [0.15, 0.2) is 0 Å². The molecule has 0 spiro atoms. The number of sulfonamides is 1. The second kappa shape index (κ2) is 6.46. The summed E-state index contributed by atoms with van der Waals surface area (Å²) in [4.78, 5) is 1.58. The number of halogens is 1. The molecule has 0 aliphatic heterocycles. The molecule has 0 saturated heterocycles. The van der Waals surface area contributed by atoms with Crippen molar-refractivity contribution >= 4 is 33.0 Å². The van der Waals surface area contributed by atoms with Crippen molar-refractivity contribution in [2.45, 2.75) is 25.0 Å². The van der Waals surface area contributed by atoms with E-state index in [0.717, 1.165) is 5.56 Å². The first-order chi connectivity index (χ1) is 9.84. The van der Waals surface area contributed by atoms with Crippen molar-refractivity contribution in [3.05, 3.63) is 50.7 Å². The van der Waals surface area contributed by atoms with Gasteiger partial charge in [0.1, 0.15) is 0 Å². The lowest BCUT2D eigenvalue weighted by atomic mass is 10.2. The number of thiophene rings is 1. The lowest BCUT2D eigenvalue weighted by Gasteiger charge is -2.17. The van der Waals surface area contributed by atoms with Gasteiger partial charge in [0.25, 0.3) is 0 Å². The number of aliphatic hydroxyl groups is 1. The minimum Gasteiger partial charge on any atom is -0.391 e. The summed E-state index contributed by atoms with van der Waals surface area (Å²) in [7, 11) is -2.03. The summed E-state index contributed by atoms with van der Waals surface area (Å²) in [6, 6.07) is 8.60. The molecule has 0 amide bonds. The summed E-state index contributed by atoms with van der Waals surface area (Å²) >= 11 is 7.11. The maximum Gasteiger partial charge on any atom is 0.244 e. The molecular formula is C14H16ClNO3S2. The highest BCUT2D eigenvalue weighted by molar-refractivity contribution is 7.89. The molecule has 0 radical (unpaired) electrons. The van der Waals surface area contributed by atoms with Crippen LogP contribution in [0.15, 0.2) is 35.2 Å². The van der Waals surface area contributed by atoms with E-state index >= 15 is 0 Å². The fourth-order valence-corrected chi connectivity index (χ4v) is 4.70. The van der Waals surface area contributed by atoms with Crippen molar-refractivity contribution in [2.75, 3.05) is 7.05 Å². The van der Waals surface area contributed by atoms with Crippen molar-refractivity contribution in [3.8, 4) is 0 Å².